The van der Waals surface area contributed by atoms with Gasteiger partial charge in [-0.2, -0.15) is 0 Å². The Morgan fingerprint density at radius 3 is 2.21 bits per heavy atom. The molecule has 2 saturated heterocycles. The molecule has 0 aromatic heterocycles. The molecule has 2 aliphatic rings. The SMILES string of the molecule is CS(=O)(=O)c1cccc(-c2ccccc2CN2CCN(c3ccc(C(=O)NS(=O)(=O)c4ccc(N[C@H](CCN5CCOCC5)CSc5ccccc5)c([N+](=O)[O-])c4)cc3)CC2)c1. The maximum Gasteiger partial charge on any atom is 0.293 e. The van der Waals surface area contributed by atoms with Crippen LogP contribution in [0.2, 0.25) is 0 Å². The van der Waals surface area contributed by atoms with Crippen molar-refractivity contribution in [3.8, 4) is 11.1 Å². The minimum Gasteiger partial charge on any atom is -0.379 e. The van der Waals surface area contributed by atoms with Gasteiger partial charge in [0.2, 0.25) is 0 Å². The number of anilines is 2. The number of nitrogens with zero attached hydrogens (tertiary/aromatic N) is 4. The number of nitro groups is 1. The fourth-order valence-corrected chi connectivity index (χ4v) is 10.2. The molecule has 0 spiro atoms. The third-order valence-corrected chi connectivity index (χ3v) is 14.6. The third kappa shape index (κ3) is 11.8. The van der Waals surface area contributed by atoms with Crippen LogP contribution in [-0.2, 0) is 31.1 Å². The number of hydrogen-bond donors (Lipinski definition) is 2. The molecule has 7 rings (SSSR count). The Bertz CT molecular complexity index is 2570. The smallest absolute Gasteiger partial charge is 0.293 e. The summed E-state index contributed by atoms with van der Waals surface area (Å²) in [7, 11) is -7.81. The summed E-state index contributed by atoms with van der Waals surface area (Å²) in [6.45, 7) is 7.36. The zero-order valence-electron chi connectivity index (χ0n) is 34.4. The summed E-state index contributed by atoms with van der Waals surface area (Å²) in [6, 6.07) is 35.0. The summed E-state index contributed by atoms with van der Waals surface area (Å²) < 4.78 is 58.9. The van der Waals surface area contributed by atoms with E-state index < -0.39 is 41.3 Å². The summed E-state index contributed by atoms with van der Waals surface area (Å²) >= 11 is 1.63. The van der Waals surface area contributed by atoms with Gasteiger partial charge in [0, 0.05) is 92.6 Å². The molecule has 17 heteroatoms. The molecule has 1 atom stereocenters. The standard InChI is InChI=1S/C45H50N6O8S3/c1-61(55,56)40-12-7-9-35(30-40)42-13-6-5-8-36(42)32-49-22-24-50(25-23-49)38-16-14-34(15-17-38)45(52)47-62(57,58)41-18-19-43(44(31-41)51(53)54)46-37(20-21-48-26-28-59-29-27-48)33-60-39-10-3-2-4-11-39/h2-19,30-31,37,46H,20-29,32-33H2,1H3,(H,47,52)/t37-/m1/s1. The normalized spacial score (nSPS) is 15.8. The Hall–Kier alpha value is -5.30. The second-order valence-electron chi connectivity index (χ2n) is 15.3. The first-order valence-corrected chi connectivity index (χ1v) is 24.7. The lowest BCUT2D eigenvalue weighted by Gasteiger charge is -2.36. The monoisotopic (exact) mass is 898 g/mol. The lowest BCUT2D eigenvalue weighted by atomic mass is 9.99. The van der Waals surface area contributed by atoms with E-state index in [1.54, 1.807) is 54.2 Å². The summed E-state index contributed by atoms with van der Waals surface area (Å²) in [5.74, 6) is -0.229. The van der Waals surface area contributed by atoms with E-state index in [0.717, 1.165) is 79.2 Å². The Morgan fingerprint density at radius 2 is 1.50 bits per heavy atom. The lowest BCUT2D eigenvalue weighted by molar-refractivity contribution is -0.384. The Kier molecular flexibility index (Phi) is 14.6. The third-order valence-electron chi connectivity index (χ3n) is 11.0. The van der Waals surface area contributed by atoms with Crippen molar-refractivity contribution in [1.82, 2.24) is 14.5 Å². The van der Waals surface area contributed by atoms with Gasteiger partial charge in [-0.05, 0) is 83.8 Å². The predicted octanol–water partition coefficient (Wildman–Crippen LogP) is 6.40. The van der Waals surface area contributed by atoms with Crippen molar-refractivity contribution in [2.45, 2.75) is 33.7 Å². The Balaban J connectivity index is 0.959. The highest BCUT2D eigenvalue weighted by Crippen LogP contribution is 2.31. The molecule has 0 bridgehead atoms. The maximum absolute atomic E-state index is 13.5. The summed E-state index contributed by atoms with van der Waals surface area (Å²) in [4.78, 5) is 32.7. The molecule has 62 heavy (non-hydrogen) atoms. The van der Waals surface area contributed by atoms with Gasteiger partial charge < -0.3 is 15.0 Å². The molecule has 0 radical (unpaired) electrons. The Morgan fingerprint density at radius 1 is 0.790 bits per heavy atom. The van der Waals surface area contributed by atoms with Crippen LogP contribution in [0.3, 0.4) is 0 Å². The fraction of sp³-hybridized carbons (Fsp3) is 0.311. The number of piperazine rings is 1. The number of hydrogen-bond acceptors (Lipinski definition) is 13. The van der Waals surface area contributed by atoms with E-state index in [1.807, 2.05) is 54.6 Å². The van der Waals surface area contributed by atoms with Crippen molar-refractivity contribution in [2.75, 3.05) is 81.3 Å². The highest BCUT2D eigenvalue weighted by atomic mass is 32.2. The highest BCUT2D eigenvalue weighted by Gasteiger charge is 2.26. The predicted molar refractivity (Wildman–Crippen MR) is 243 cm³/mol. The number of sulfone groups is 1. The number of sulfonamides is 1. The number of ether oxygens (including phenoxy) is 1. The molecule has 2 aliphatic heterocycles. The van der Waals surface area contributed by atoms with Gasteiger partial charge in [-0.1, -0.05) is 54.6 Å². The van der Waals surface area contributed by atoms with Crippen LogP contribution in [0.15, 0.2) is 136 Å². The number of nitrogens with one attached hydrogen (secondary N) is 2. The van der Waals surface area contributed by atoms with E-state index in [1.165, 1.54) is 18.4 Å². The van der Waals surface area contributed by atoms with E-state index >= 15 is 0 Å². The molecule has 2 heterocycles. The van der Waals surface area contributed by atoms with Gasteiger partial charge in [-0.25, -0.2) is 21.6 Å². The van der Waals surface area contributed by atoms with Gasteiger partial charge in [0.15, 0.2) is 9.84 Å². The van der Waals surface area contributed by atoms with Crippen LogP contribution in [0.25, 0.3) is 11.1 Å². The van der Waals surface area contributed by atoms with E-state index in [0.29, 0.717) is 31.9 Å². The van der Waals surface area contributed by atoms with Crippen LogP contribution in [0.5, 0.6) is 0 Å². The molecule has 14 nitrogen and oxygen atoms in total. The molecule has 0 aliphatic carbocycles. The van der Waals surface area contributed by atoms with Gasteiger partial charge in [-0.15, -0.1) is 11.8 Å². The number of morpholine rings is 1. The average Bonchev–Trinajstić information content (AvgIpc) is 3.28. The van der Waals surface area contributed by atoms with Gasteiger partial charge >= 0.3 is 0 Å². The van der Waals surface area contributed by atoms with Gasteiger partial charge in [0.25, 0.3) is 21.6 Å². The first kappa shape index (κ1) is 44.7. The molecular formula is C45H50N6O8S3. The summed E-state index contributed by atoms with van der Waals surface area (Å²) in [5.41, 5.74) is 3.72. The first-order valence-electron chi connectivity index (χ1n) is 20.4. The van der Waals surface area contributed by atoms with Crippen molar-refractivity contribution in [1.29, 1.82) is 0 Å². The molecule has 5 aromatic rings. The highest BCUT2D eigenvalue weighted by molar-refractivity contribution is 7.99. The van der Waals surface area contributed by atoms with Gasteiger partial charge in [-0.3, -0.25) is 24.7 Å². The van der Waals surface area contributed by atoms with Crippen LogP contribution < -0.4 is 14.9 Å². The summed E-state index contributed by atoms with van der Waals surface area (Å²) in [6.07, 6.45) is 1.91. The van der Waals surface area contributed by atoms with Crippen molar-refractivity contribution in [3.05, 3.63) is 143 Å². The number of amides is 1. The zero-order valence-corrected chi connectivity index (χ0v) is 36.8. The van der Waals surface area contributed by atoms with Crippen LogP contribution >= 0.6 is 11.8 Å². The fourth-order valence-electron chi connectivity index (χ4n) is 7.55. The van der Waals surface area contributed by atoms with Crippen LogP contribution in [0.4, 0.5) is 17.1 Å². The quantitative estimate of drug-likeness (QED) is 0.0598. The molecule has 2 fully saturated rings. The van der Waals surface area contributed by atoms with E-state index in [9.17, 15) is 31.7 Å². The second kappa shape index (κ2) is 20.3. The Labute approximate surface area is 367 Å². The lowest BCUT2D eigenvalue weighted by Crippen LogP contribution is -2.46. The number of thioether (sulfide) groups is 1. The zero-order chi connectivity index (χ0) is 43.7. The van der Waals surface area contributed by atoms with Crippen molar-refractivity contribution in [2.24, 2.45) is 0 Å². The minimum atomic E-state index is -4.47. The molecule has 0 unspecified atom stereocenters. The van der Waals surface area contributed by atoms with Gasteiger partial charge in [0.1, 0.15) is 5.69 Å². The second-order valence-corrected chi connectivity index (χ2v) is 20.1. The van der Waals surface area contributed by atoms with Crippen LogP contribution in [-0.4, -0.2) is 115 Å². The number of rotatable bonds is 17. The number of nitro benzene ring substituents is 1. The topological polar surface area (TPSA) is 171 Å². The van der Waals surface area contributed by atoms with Crippen molar-refractivity contribution in [3.63, 3.8) is 0 Å². The number of carbonyl (C=O) groups excluding carboxylic acids is 1. The minimum absolute atomic E-state index is 0.124. The van der Waals surface area contributed by atoms with E-state index in [4.69, 9.17) is 4.74 Å². The van der Waals surface area contributed by atoms with Crippen LogP contribution in [0, 0.1) is 10.1 Å². The van der Waals surface area contributed by atoms with Gasteiger partial charge in [0.05, 0.1) is 27.9 Å². The van der Waals surface area contributed by atoms with Crippen molar-refractivity contribution < 1.29 is 31.3 Å². The maximum atomic E-state index is 13.5. The number of benzene rings is 5. The molecule has 326 valence electrons. The summed E-state index contributed by atoms with van der Waals surface area (Å²) in [5, 5.41) is 15.6. The molecule has 2 N–H and O–H groups in total. The largest absolute Gasteiger partial charge is 0.379 e. The molecular weight excluding hydrogens is 849 g/mol. The first-order chi connectivity index (χ1) is 29.8. The van der Waals surface area contributed by atoms with Crippen LogP contribution in [0.1, 0.15) is 22.3 Å². The molecule has 5 aromatic carbocycles. The van der Waals surface area contributed by atoms with Crippen molar-refractivity contribution >= 4 is 54.6 Å². The van der Waals surface area contributed by atoms with E-state index in [2.05, 4.69) is 30.8 Å². The number of carbonyl (C=O) groups is 1. The molecule has 1 amide bonds. The average molecular weight is 899 g/mol. The van der Waals surface area contributed by atoms with E-state index in [-0.39, 0.29) is 22.2 Å². The molecule has 0 saturated carbocycles.